The minimum absolute atomic E-state index is 0.242. The first kappa shape index (κ1) is 19.1. The molecule has 3 aromatic rings. The van der Waals surface area contributed by atoms with Gasteiger partial charge in [0.1, 0.15) is 11.3 Å². The number of rotatable bonds is 3. The maximum atomic E-state index is 12.7. The Morgan fingerprint density at radius 1 is 1.07 bits per heavy atom. The molecule has 1 atom stereocenters. The molecule has 1 N–H and O–H groups in total. The van der Waals surface area contributed by atoms with Gasteiger partial charge in [0, 0.05) is 23.1 Å². The molecule has 4 nitrogen and oxygen atoms in total. The number of aryl methyl sites for hydroxylation is 2. The molecule has 1 aliphatic rings. The third-order valence-electron chi connectivity index (χ3n) is 5.85. The zero-order chi connectivity index (χ0) is 20.1. The fourth-order valence-electron chi connectivity index (χ4n) is 4.01. The van der Waals surface area contributed by atoms with Crippen LogP contribution in [0.1, 0.15) is 44.1 Å². The van der Waals surface area contributed by atoms with Crippen LogP contribution in [0.2, 0.25) is 0 Å². The van der Waals surface area contributed by atoms with E-state index in [2.05, 4.69) is 25.5 Å². The highest BCUT2D eigenvalue weighted by Crippen LogP contribution is 2.41. The summed E-state index contributed by atoms with van der Waals surface area (Å²) < 4.78 is 34.2. The fourth-order valence-corrected chi connectivity index (χ4v) is 5.06. The average molecular weight is 398 g/mol. The molecule has 2 aromatic carbocycles. The van der Waals surface area contributed by atoms with E-state index in [1.165, 1.54) is 5.56 Å². The summed E-state index contributed by atoms with van der Waals surface area (Å²) in [5.74, 6) is 1.64. The summed E-state index contributed by atoms with van der Waals surface area (Å²) in [5, 5.41) is 1.02. The molecule has 0 fully saturated rings. The van der Waals surface area contributed by atoms with E-state index in [1.54, 1.807) is 30.3 Å². The van der Waals surface area contributed by atoms with Crippen molar-refractivity contribution in [2.75, 3.05) is 4.72 Å². The van der Waals surface area contributed by atoms with Gasteiger partial charge in [0.25, 0.3) is 10.0 Å². The smallest absolute Gasteiger partial charge is 0.261 e. The molecule has 0 saturated carbocycles. The largest absolute Gasteiger partial charge is 0.461 e. The van der Waals surface area contributed by atoms with Crippen molar-refractivity contribution in [1.29, 1.82) is 0 Å². The maximum Gasteiger partial charge on any atom is 0.261 e. The van der Waals surface area contributed by atoms with E-state index in [1.807, 2.05) is 19.1 Å². The minimum atomic E-state index is -3.62. The van der Waals surface area contributed by atoms with Crippen molar-refractivity contribution >= 4 is 26.7 Å². The predicted octanol–water partition coefficient (Wildman–Crippen LogP) is 5.69. The van der Waals surface area contributed by atoms with Gasteiger partial charge in [-0.05, 0) is 61.4 Å². The monoisotopic (exact) mass is 397 g/mol. The Kier molecular flexibility index (Phi) is 4.53. The normalized spacial score (nSPS) is 17.5. The summed E-state index contributed by atoms with van der Waals surface area (Å²) in [6.45, 7) is 8.79. The topological polar surface area (TPSA) is 59.3 Å². The van der Waals surface area contributed by atoms with Crippen LogP contribution in [0.3, 0.4) is 0 Å². The van der Waals surface area contributed by atoms with E-state index in [0.717, 1.165) is 41.6 Å². The van der Waals surface area contributed by atoms with Gasteiger partial charge in [0.2, 0.25) is 0 Å². The maximum absolute atomic E-state index is 12.7. The molecular formula is C23H27NO3S. The minimum Gasteiger partial charge on any atom is -0.461 e. The van der Waals surface area contributed by atoms with Crippen LogP contribution in [0.15, 0.2) is 51.8 Å². The van der Waals surface area contributed by atoms with Crippen LogP contribution >= 0.6 is 0 Å². The lowest BCUT2D eigenvalue weighted by atomic mass is 9.71. The Morgan fingerprint density at radius 3 is 2.46 bits per heavy atom. The summed E-state index contributed by atoms with van der Waals surface area (Å²) >= 11 is 0. The molecule has 28 heavy (non-hydrogen) atoms. The van der Waals surface area contributed by atoms with Crippen LogP contribution in [0.5, 0.6) is 0 Å². The highest BCUT2D eigenvalue weighted by Gasteiger charge is 2.31. The van der Waals surface area contributed by atoms with E-state index < -0.39 is 10.0 Å². The molecule has 5 heteroatoms. The second-order valence-corrected chi connectivity index (χ2v) is 10.6. The molecule has 1 heterocycles. The summed E-state index contributed by atoms with van der Waals surface area (Å²) in [4.78, 5) is 0.264. The molecule has 0 bridgehead atoms. The van der Waals surface area contributed by atoms with Crippen LogP contribution in [0.4, 0.5) is 5.69 Å². The SMILES string of the molecule is Cc1ccc(S(=O)(=O)Nc2ccc3oc4c(c3c2)C[C@H](C(C)(C)C)CC4)cc1. The molecule has 148 valence electrons. The number of nitrogens with one attached hydrogen (secondary N) is 1. The number of furan rings is 1. The number of benzene rings is 2. The van der Waals surface area contributed by atoms with E-state index in [-0.39, 0.29) is 10.3 Å². The van der Waals surface area contributed by atoms with Gasteiger partial charge in [-0.2, -0.15) is 0 Å². The molecule has 0 amide bonds. The van der Waals surface area contributed by atoms with Gasteiger partial charge >= 0.3 is 0 Å². The molecule has 0 radical (unpaired) electrons. The lowest BCUT2D eigenvalue weighted by molar-refractivity contribution is 0.210. The van der Waals surface area contributed by atoms with Gasteiger partial charge in [-0.1, -0.05) is 38.5 Å². The van der Waals surface area contributed by atoms with Crippen molar-refractivity contribution in [2.24, 2.45) is 11.3 Å². The zero-order valence-corrected chi connectivity index (χ0v) is 17.7. The van der Waals surface area contributed by atoms with Crippen molar-refractivity contribution in [1.82, 2.24) is 0 Å². The molecule has 0 spiro atoms. The molecule has 0 unspecified atom stereocenters. The Bertz CT molecular complexity index is 1120. The highest BCUT2D eigenvalue weighted by atomic mass is 32.2. The van der Waals surface area contributed by atoms with Crippen LogP contribution in [0.25, 0.3) is 11.0 Å². The second kappa shape index (κ2) is 6.66. The van der Waals surface area contributed by atoms with Gasteiger partial charge in [0.05, 0.1) is 4.90 Å². The van der Waals surface area contributed by atoms with E-state index in [4.69, 9.17) is 4.42 Å². The predicted molar refractivity (Wildman–Crippen MR) is 113 cm³/mol. The van der Waals surface area contributed by atoms with Crippen LogP contribution in [-0.4, -0.2) is 8.42 Å². The quantitative estimate of drug-likeness (QED) is 0.617. The Labute approximate surface area is 167 Å². The van der Waals surface area contributed by atoms with Gasteiger partial charge in [0.15, 0.2) is 0 Å². The van der Waals surface area contributed by atoms with Crippen LogP contribution in [0, 0.1) is 18.3 Å². The number of sulfonamides is 1. The second-order valence-electron chi connectivity index (χ2n) is 8.94. The third kappa shape index (κ3) is 3.55. The van der Waals surface area contributed by atoms with Crippen molar-refractivity contribution in [3.63, 3.8) is 0 Å². The van der Waals surface area contributed by atoms with Crippen LogP contribution < -0.4 is 4.72 Å². The molecule has 0 saturated heterocycles. The average Bonchev–Trinajstić information content (AvgIpc) is 2.98. The fraction of sp³-hybridized carbons (Fsp3) is 0.391. The van der Waals surface area contributed by atoms with Gasteiger partial charge < -0.3 is 4.42 Å². The van der Waals surface area contributed by atoms with Crippen molar-refractivity contribution in [3.8, 4) is 0 Å². The standard InChI is InChI=1S/C23H27NO3S/c1-15-5-9-18(10-6-15)28(25,26)24-17-8-12-22-20(14-17)19-13-16(23(2,3)4)7-11-21(19)27-22/h5-6,8-10,12,14,16,24H,7,11,13H2,1-4H3/t16-/m1/s1. The zero-order valence-electron chi connectivity index (χ0n) is 16.9. The van der Waals surface area contributed by atoms with Crippen molar-refractivity contribution in [2.45, 2.75) is 51.9 Å². The van der Waals surface area contributed by atoms with Gasteiger partial charge in [-0.3, -0.25) is 4.72 Å². The Morgan fingerprint density at radius 2 is 1.79 bits per heavy atom. The number of hydrogen-bond donors (Lipinski definition) is 1. The van der Waals surface area contributed by atoms with Crippen molar-refractivity contribution in [3.05, 3.63) is 59.4 Å². The third-order valence-corrected chi connectivity index (χ3v) is 7.25. The number of fused-ring (bicyclic) bond motifs is 3. The molecule has 1 aliphatic carbocycles. The molecular weight excluding hydrogens is 370 g/mol. The lowest BCUT2D eigenvalue weighted by Gasteiger charge is -2.33. The van der Waals surface area contributed by atoms with Gasteiger partial charge in [-0.25, -0.2) is 8.42 Å². The number of hydrogen-bond acceptors (Lipinski definition) is 3. The first-order valence-electron chi connectivity index (χ1n) is 9.77. The van der Waals surface area contributed by atoms with E-state index in [9.17, 15) is 8.42 Å². The van der Waals surface area contributed by atoms with E-state index in [0.29, 0.717) is 11.6 Å². The molecule has 1 aromatic heterocycles. The summed E-state index contributed by atoms with van der Waals surface area (Å²) in [7, 11) is -3.62. The van der Waals surface area contributed by atoms with Crippen LogP contribution in [-0.2, 0) is 22.9 Å². The molecule has 0 aliphatic heterocycles. The van der Waals surface area contributed by atoms with E-state index >= 15 is 0 Å². The number of anilines is 1. The first-order valence-corrected chi connectivity index (χ1v) is 11.3. The first-order chi connectivity index (χ1) is 13.1. The summed E-state index contributed by atoms with van der Waals surface area (Å²) in [6.07, 6.45) is 3.04. The highest BCUT2D eigenvalue weighted by molar-refractivity contribution is 7.92. The molecule has 4 rings (SSSR count). The Balaban J connectivity index is 1.68. The Hall–Kier alpha value is -2.27. The lowest BCUT2D eigenvalue weighted by Crippen LogP contribution is -2.26. The summed E-state index contributed by atoms with van der Waals surface area (Å²) in [5.41, 5.74) is 3.90. The summed E-state index contributed by atoms with van der Waals surface area (Å²) in [6, 6.07) is 12.4. The van der Waals surface area contributed by atoms with Crippen molar-refractivity contribution < 1.29 is 12.8 Å². The van der Waals surface area contributed by atoms with Gasteiger partial charge in [-0.15, -0.1) is 0 Å².